The van der Waals surface area contributed by atoms with Crippen molar-refractivity contribution < 1.29 is 9.53 Å². The van der Waals surface area contributed by atoms with Crippen molar-refractivity contribution in [2.45, 2.75) is 6.61 Å². The zero-order valence-corrected chi connectivity index (χ0v) is 10.5. The quantitative estimate of drug-likeness (QED) is 0.681. The summed E-state index contributed by atoms with van der Waals surface area (Å²) in [7, 11) is 1.80. The number of aromatic nitrogens is 2. The molecule has 1 aromatic heterocycles. The highest BCUT2D eigenvalue weighted by atomic mass is 35.5. The van der Waals surface area contributed by atoms with Crippen LogP contribution in [0.5, 0.6) is 0 Å². The fourth-order valence-corrected chi connectivity index (χ4v) is 1.57. The highest BCUT2D eigenvalue weighted by Crippen LogP contribution is 2.20. The number of nitrogens with two attached hydrogens (primary N) is 1. The predicted octanol–water partition coefficient (Wildman–Crippen LogP) is 2.01. The summed E-state index contributed by atoms with van der Waals surface area (Å²) in [6, 6.07) is 4.63. The van der Waals surface area contributed by atoms with Gasteiger partial charge in [-0.2, -0.15) is 5.10 Å². The van der Waals surface area contributed by atoms with Gasteiger partial charge in [0.15, 0.2) is 0 Å². The van der Waals surface area contributed by atoms with Crippen molar-refractivity contribution in [3.05, 3.63) is 46.7 Å². The first-order valence-corrected chi connectivity index (χ1v) is 5.64. The van der Waals surface area contributed by atoms with Crippen molar-refractivity contribution in [1.29, 1.82) is 0 Å². The third-order valence-corrected chi connectivity index (χ3v) is 2.70. The highest BCUT2D eigenvalue weighted by Gasteiger charge is 2.09. The molecule has 0 saturated carbocycles. The number of carbonyl (C=O) groups excluding carboxylic acids is 1. The lowest BCUT2D eigenvalue weighted by molar-refractivity contribution is 0.0472. The Bertz CT molecular complexity index is 580. The molecule has 0 saturated heterocycles. The third kappa shape index (κ3) is 2.81. The summed E-state index contributed by atoms with van der Waals surface area (Å²) >= 11 is 5.77. The standard InChI is InChI=1S/C12H12ClN3O2/c1-16-6-8(5-15-16)7-18-12(17)9-2-3-10(13)11(14)4-9/h2-6H,7,14H2,1H3. The van der Waals surface area contributed by atoms with E-state index in [1.165, 1.54) is 6.07 Å². The molecular formula is C12H12ClN3O2. The topological polar surface area (TPSA) is 70.1 Å². The minimum atomic E-state index is -0.442. The van der Waals surface area contributed by atoms with Gasteiger partial charge in [-0.3, -0.25) is 4.68 Å². The van der Waals surface area contributed by atoms with E-state index in [9.17, 15) is 4.79 Å². The Kier molecular flexibility index (Phi) is 3.53. The van der Waals surface area contributed by atoms with Crippen LogP contribution in [0.4, 0.5) is 5.69 Å². The first-order chi connectivity index (χ1) is 8.56. The van der Waals surface area contributed by atoms with Gasteiger partial charge in [-0.15, -0.1) is 0 Å². The van der Waals surface area contributed by atoms with Gasteiger partial charge in [-0.05, 0) is 18.2 Å². The molecule has 0 unspecified atom stereocenters. The molecule has 0 atom stereocenters. The lowest BCUT2D eigenvalue weighted by Crippen LogP contribution is -2.05. The van der Waals surface area contributed by atoms with Gasteiger partial charge in [0.2, 0.25) is 0 Å². The molecule has 2 aromatic rings. The first-order valence-electron chi connectivity index (χ1n) is 5.26. The number of nitrogen functional groups attached to an aromatic ring is 1. The van der Waals surface area contributed by atoms with Crippen LogP contribution < -0.4 is 5.73 Å². The summed E-state index contributed by atoms with van der Waals surface area (Å²) in [4.78, 5) is 11.7. The summed E-state index contributed by atoms with van der Waals surface area (Å²) in [6.07, 6.45) is 3.42. The smallest absolute Gasteiger partial charge is 0.338 e. The summed E-state index contributed by atoms with van der Waals surface area (Å²) in [5.41, 5.74) is 7.17. The van der Waals surface area contributed by atoms with Gasteiger partial charge >= 0.3 is 5.97 Å². The highest BCUT2D eigenvalue weighted by molar-refractivity contribution is 6.33. The molecule has 0 fully saturated rings. The molecule has 6 heteroatoms. The SMILES string of the molecule is Cn1cc(COC(=O)c2ccc(Cl)c(N)c2)cn1. The number of carbonyl (C=O) groups is 1. The van der Waals surface area contributed by atoms with Crippen LogP contribution in [-0.2, 0) is 18.4 Å². The summed E-state index contributed by atoms with van der Waals surface area (Å²) < 4.78 is 6.77. The van der Waals surface area contributed by atoms with Crippen LogP contribution in [0, 0.1) is 0 Å². The molecule has 0 bridgehead atoms. The number of rotatable bonds is 3. The number of benzene rings is 1. The van der Waals surface area contributed by atoms with Crippen LogP contribution in [0.3, 0.4) is 0 Å². The fraction of sp³-hybridized carbons (Fsp3) is 0.167. The number of hydrogen-bond donors (Lipinski definition) is 1. The van der Waals surface area contributed by atoms with Crippen LogP contribution in [0.15, 0.2) is 30.6 Å². The summed E-state index contributed by atoms with van der Waals surface area (Å²) in [5, 5.41) is 4.40. The van der Waals surface area contributed by atoms with Crippen LogP contribution in [0.2, 0.25) is 5.02 Å². The van der Waals surface area contributed by atoms with E-state index in [0.29, 0.717) is 16.3 Å². The van der Waals surface area contributed by atoms with E-state index in [0.717, 1.165) is 5.56 Å². The van der Waals surface area contributed by atoms with Gasteiger partial charge in [-0.25, -0.2) is 4.79 Å². The molecule has 18 heavy (non-hydrogen) atoms. The van der Waals surface area contributed by atoms with Crippen LogP contribution >= 0.6 is 11.6 Å². The Labute approximate surface area is 109 Å². The molecule has 1 aromatic carbocycles. The van der Waals surface area contributed by atoms with Crippen molar-refractivity contribution in [2.24, 2.45) is 7.05 Å². The van der Waals surface area contributed by atoms with Gasteiger partial charge in [0, 0.05) is 18.8 Å². The molecule has 2 N–H and O–H groups in total. The third-order valence-electron chi connectivity index (χ3n) is 2.36. The van der Waals surface area contributed by atoms with Gasteiger partial charge < -0.3 is 10.5 Å². The molecule has 1 heterocycles. The summed E-state index contributed by atoms with van der Waals surface area (Å²) in [6.45, 7) is 0.176. The lowest BCUT2D eigenvalue weighted by Gasteiger charge is -2.04. The van der Waals surface area contributed by atoms with Crippen molar-refractivity contribution >= 4 is 23.3 Å². The molecule has 0 aliphatic heterocycles. The van der Waals surface area contributed by atoms with E-state index in [-0.39, 0.29) is 6.61 Å². The Morgan fingerprint density at radius 1 is 1.56 bits per heavy atom. The van der Waals surface area contributed by atoms with E-state index in [1.807, 2.05) is 0 Å². The monoisotopic (exact) mass is 265 g/mol. The average molecular weight is 266 g/mol. The Hall–Kier alpha value is -2.01. The van der Waals surface area contributed by atoms with E-state index in [1.54, 1.807) is 36.3 Å². The molecule has 0 aliphatic rings. The second-order valence-corrected chi connectivity index (χ2v) is 4.24. The second-order valence-electron chi connectivity index (χ2n) is 3.83. The largest absolute Gasteiger partial charge is 0.457 e. The normalized spacial score (nSPS) is 10.3. The van der Waals surface area contributed by atoms with Crippen LogP contribution in [-0.4, -0.2) is 15.7 Å². The van der Waals surface area contributed by atoms with Gasteiger partial charge in [0.25, 0.3) is 0 Å². The van der Waals surface area contributed by atoms with E-state index in [2.05, 4.69) is 5.10 Å². The van der Waals surface area contributed by atoms with Crippen molar-refractivity contribution in [3.63, 3.8) is 0 Å². The molecule has 0 amide bonds. The van der Waals surface area contributed by atoms with Gasteiger partial charge in [0.05, 0.1) is 22.5 Å². The Balaban J connectivity index is 2.01. The Morgan fingerprint density at radius 2 is 2.33 bits per heavy atom. The zero-order chi connectivity index (χ0) is 13.1. The molecular weight excluding hydrogens is 254 g/mol. The Morgan fingerprint density at radius 3 is 2.94 bits per heavy atom. The maximum atomic E-state index is 11.7. The van der Waals surface area contributed by atoms with E-state index in [4.69, 9.17) is 22.1 Å². The van der Waals surface area contributed by atoms with Gasteiger partial charge in [0.1, 0.15) is 6.61 Å². The molecule has 5 nitrogen and oxygen atoms in total. The van der Waals surface area contributed by atoms with Crippen molar-refractivity contribution in [1.82, 2.24) is 9.78 Å². The van der Waals surface area contributed by atoms with E-state index < -0.39 is 5.97 Å². The average Bonchev–Trinajstić information content (AvgIpc) is 2.75. The molecule has 0 spiro atoms. The van der Waals surface area contributed by atoms with Crippen LogP contribution in [0.1, 0.15) is 15.9 Å². The number of halogens is 1. The minimum absolute atomic E-state index is 0.176. The van der Waals surface area contributed by atoms with Crippen LogP contribution in [0.25, 0.3) is 0 Å². The zero-order valence-electron chi connectivity index (χ0n) is 9.76. The fourth-order valence-electron chi connectivity index (χ4n) is 1.45. The lowest BCUT2D eigenvalue weighted by atomic mass is 10.2. The number of esters is 1. The second kappa shape index (κ2) is 5.10. The molecule has 0 aliphatic carbocycles. The minimum Gasteiger partial charge on any atom is -0.457 e. The maximum Gasteiger partial charge on any atom is 0.338 e. The van der Waals surface area contributed by atoms with Gasteiger partial charge in [-0.1, -0.05) is 11.6 Å². The molecule has 2 rings (SSSR count). The van der Waals surface area contributed by atoms with E-state index >= 15 is 0 Å². The van der Waals surface area contributed by atoms with Crippen molar-refractivity contribution in [2.75, 3.05) is 5.73 Å². The molecule has 0 radical (unpaired) electrons. The maximum absolute atomic E-state index is 11.7. The molecule has 94 valence electrons. The number of nitrogens with zero attached hydrogens (tertiary/aromatic N) is 2. The first kappa shape index (κ1) is 12.4. The predicted molar refractivity (Wildman–Crippen MR) is 68.2 cm³/mol. The number of ether oxygens (including phenoxy) is 1. The number of hydrogen-bond acceptors (Lipinski definition) is 4. The number of anilines is 1. The summed E-state index contributed by atoms with van der Waals surface area (Å²) in [5.74, 6) is -0.442. The van der Waals surface area contributed by atoms with Crippen molar-refractivity contribution in [3.8, 4) is 0 Å². The number of aryl methyl sites for hydroxylation is 1.